The van der Waals surface area contributed by atoms with Crippen LogP contribution in [-0.2, 0) is 30.3 Å². The first-order valence-corrected chi connectivity index (χ1v) is 13.2. The summed E-state index contributed by atoms with van der Waals surface area (Å²) in [6.07, 6.45) is -4.54. The van der Waals surface area contributed by atoms with Crippen LogP contribution >= 0.6 is 0 Å². The van der Waals surface area contributed by atoms with Gasteiger partial charge in [-0.3, -0.25) is 14.4 Å². The lowest BCUT2D eigenvalue weighted by Crippen LogP contribution is -2.59. The number of aliphatic hydroxyl groups excluding tert-OH is 1. The molecule has 1 fully saturated rings. The van der Waals surface area contributed by atoms with Crippen LogP contribution in [0.1, 0.15) is 50.2 Å². The normalized spacial score (nSPS) is 25.8. The maximum Gasteiger partial charge on any atom is 0.348 e. The van der Waals surface area contributed by atoms with Gasteiger partial charge in [0.2, 0.25) is 23.8 Å². The number of aliphatic hydroxyl groups is 1. The summed E-state index contributed by atoms with van der Waals surface area (Å²) < 4.78 is 67.1. The Bertz CT molecular complexity index is 1400. The number of halogens is 4. The Morgan fingerprint density at radius 3 is 2.40 bits per heavy atom. The summed E-state index contributed by atoms with van der Waals surface area (Å²) >= 11 is 0. The Kier molecular flexibility index (Phi) is 10.6. The number of cyclic esters (lactones) is 2. The van der Waals surface area contributed by atoms with E-state index in [0.29, 0.717) is 6.42 Å². The average molecular weight is 615 g/mol. The minimum absolute atomic E-state index is 0.322. The third kappa shape index (κ3) is 7.36. The molecular formula is C27H30F4N4O8. The molecule has 4 N–H and O–H groups in total. The molecule has 2 aromatic rings. The third-order valence-electron chi connectivity index (χ3n) is 7.11. The summed E-state index contributed by atoms with van der Waals surface area (Å²) in [6, 6.07) is -1.11. The van der Waals surface area contributed by atoms with Crippen LogP contribution < -0.4 is 10.6 Å². The van der Waals surface area contributed by atoms with Gasteiger partial charge in [0.15, 0.2) is 11.5 Å². The first-order valence-electron chi connectivity index (χ1n) is 13.2. The molecule has 2 unspecified atom stereocenters. The largest absolute Gasteiger partial charge is 0.505 e. The zero-order chi connectivity index (χ0) is 32.2. The first-order chi connectivity index (χ1) is 20.2. The lowest BCUT2D eigenvalue weighted by atomic mass is 9.92. The second-order valence-corrected chi connectivity index (χ2v) is 10.1. The molecule has 0 radical (unpaired) electrons. The highest BCUT2D eigenvalue weighted by Gasteiger charge is 2.42. The molecular weight excluding hydrogens is 584 g/mol. The molecule has 0 aromatic carbocycles. The second-order valence-electron chi connectivity index (χ2n) is 10.1. The molecule has 0 spiro atoms. The van der Waals surface area contributed by atoms with E-state index in [0.717, 1.165) is 13.0 Å². The Balaban J connectivity index is 2.08. The van der Waals surface area contributed by atoms with Gasteiger partial charge in [-0.05, 0) is 32.4 Å². The van der Waals surface area contributed by atoms with E-state index in [1.54, 1.807) is 13.8 Å². The Morgan fingerprint density at radius 1 is 1.09 bits per heavy atom. The van der Waals surface area contributed by atoms with Crippen LogP contribution in [0, 0.1) is 35.4 Å². The van der Waals surface area contributed by atoms with Gasteiger partial charge in [0.05, 0.1) is 18.1 Å². The van der Waals surface area contributed by atoms with Crippen molar-refractivity contribution >= 4 is 23.8 Å². The topological polar surface area (TPSA) is 177 Å². The van der Waals surface area contributed by atoms with Crippen LogP contribution in [0.5, 0.6) is 5.75 Å². The Labute approximate surface area is 242 Å². The Hall–Kier alpha value is -4.34. The maximum atomic E-state index is 14.6. The predicted molar refractivity (Wildman–Crippen MR) is 137 cm³/mol. The van der Waals surface area contributed by atoms with E-state index < -0.39 is 113 Å². The smallest absolute Gasteiger partial charge is 0.348 e. The zero-order valence-electron chi connectivity index (χ0n) is 23.4. The molecule has 1 aliphatic heterocycles. The van der Waals surface area contributed by atoms with E-state index in [9.17, 15) is 47.0 Å². The number of aromatic hydroxyl groups is 1. The Morgan fingerprint density at radius 2 is 1.77 bits per heavy atom. The van der Waals surface area contributed by atoms with E-state index in [2.05, 4.69) is 20.6 Å². The van der Waals surface area contributed by atoms with Gasteiger partial charge < -0.3 is 30.3 Å². The second kappa shape index (κ2) is 13.8. The quantitative estimate of drug-likeness (QED) is 0.212. The number of carbonyl (C=O) groups is 4. The van der Waals surface area contributed by atoms with Gasteiger partial charge in [-0.1, -0.05) is 13.8 Å². The van der Waals surface area contributed by atoms with Crippen LogP contribution in [0.2, 0.25) is 0 Å². The van der Waals surface area contributed by atoms with Crippen molar-refractivity contribution in [3.8, 4) is 5.75 Å². The lowest BCUT2D eigenvalue weighted by Gasteiger charge is -2.34. The van der Waals surface area contributed by atoms with Crippen molar-refractivity contribution in [3.05, 3.63) is 53.1 Å². The number of nitrogens with one attached hydrogen (secondary N) is 2. The fraction of sp³-hybridized carbons (Fsp3) is 0.481. The molecule has 2 aromatic heterocycles. The SMILES string of the molecule is CCC(C)C1OC(=O)[C@H](C)[C@H](O)[C@H](Cc2c(F)nc(F)c(F)c2F)NC(=O)[C@@H](NC(=O)c2ncccc2O)[C@@H](C)OC1=O. The molecule has 0 bridgehead atoms. The monoisotopic (exact) mass is 614 g/mol. The van der Waals surface area contributed by atoms with Crippen molar-refractivity contribution in [2.24, 2.45) is 11.8 Å². The number of hydrogen-bond acceptors (Lipinski definition) is 10. The summed E-state index contributed by atoms with van der Waals surface area (Å²) in [5, 5.41) is 25.6. The number of rotatable bonds is 6. The van der Waals surface area contributed by atoms with E-state index in [1.165, 1.54) is 19.2 Å². The van der Waals surface area contributed by atoms with Crippen molar-refractivity contribution in [1.29, 1.82) is 0 Å². The van der Waals surface area contributed by atoms with Crippen LogP contribution in [0.4, 0.5) is 17.6 Å². The minimum atomic E-state index is -2.12. The molecule has 2 amide bonds. The van der Waals surface area contributed by atoms with Gasteiger partial charge in [0.25, 0.3) is 11.9 Å². The number of aromatic nitrogens is 2. The van der Waals surface area contributed by atoms with E-state index in [1.807, 2.05) is 0 Å². The van der Waals surface area contributed by atoms with Gasteiger partial charge >= 0.3 is 11.9 Å². The van der Waals surface area contributed by atoms with Crippen LogP contribution in [0.25, 0.3) is 0 Å². The molecule has 1 aliphatic rings. The molecule has 1 saturated heterocycles. The molecule has 16 heteroatoms. The van der Waals surface area contributed by atoms with Crippen molar-refractivity contribution in [1.82, 2.24) is 20.6 Å². The summed E-state index contributed by atoms with van der Waals surface area (Å²) in [5.41, 5.74) is -1.67. The number of hydrogen-bond donors (Lipinski definition) is 4. The fourth-order valence-electron chi connectivity index (χ4n) is 4.27. The highest BCUT2D eigenvalue weighted by Crippen LogP contribution is 2.24. The number of ether oxygens (including phenoxy) is 2. The van der Waals surface area contributed by atoms with Crippen molar-refractivity contribution in [3.63, 3.8) is 0 Å². The summed E-state index contributed by atoms with van der Waals surface area (Å²) in [5.74, 6) is -15.2. The average Bonchev–Trinajstić information content (AvgIpc) is 2.97. The lowest BCUT2D eigenvalue weighted by molar-refractivity contribution is -0.180. The summed E-state index contributed by atoms with van der Waals surface area (Å²) in [7, 11) is 0. The van der Waals surface area contributed by atoms with E-state index in [4.69, 9.17) is 9.47 Å². The van der Waals surface area contributed by atoms with Gasteiger partial charge in [0, 0.05) is 24.1 Å². The van der Waals surface area contributed by atoms with Crippen molar-refractivity contribution in [2.75, 3.05) is 0 Å². The van der Waals surface area contributed by atoms with Gasteiger partial charge in [-0.15, -0.1) is 0 Å². The molecule has 7 atom stereocenters. The van der Waals surface area contributed by atoms with Crippen molar-refractivity contribution in [2.45, 2.75) is 70.9 Å². The number of nitrogens with zero attached hydrogens (tertiary/aromatic N) is 2. The first kappa shape index (κ1) is 33.2. The predicted octanol–water partition coefficient (Wildman–Crippen LogP) is 1.46. The standard InChI is InChI=1S/C27H30F4N4O8/c1-5-10(2)21-27(41)42-12(4)18(34-25(39)19-15(36)7-6-8-32-19)24(38)33-14(20(37)11(3)26(40)43-21)9-13-16(28)17(29)23(31)35-22(13)30/h6-8,10-12,14,18,20-21,36-37H,5,9H2,1-4H3,(H,33,38)(H,34,39)/t10?,11-,12-,14+,18+,20+,21?/m1/s1. The van der Waals surface area contributed by atoms with Gasteiger partial charge in [-0.25, -0.2) is 14.2 Å². The van der Waals surface area contributed by atoms with Gasteiger partial charge in [-0.2, -0.15) is 18.2 Å². The van der Waals surface area contributed by atoms with Crippen molar-refractivity contribution < 1.29 is 56.4 Å². The van der Waals surface area contributed by atoms with Crippen LogP contribution in [0.15, 0.2) is 18.3 Å². The molecule has 0 saturated carbocycles. The highest BCUT2D eigenvalue weighted by atomic mass is 19.2. The van der Waals surface area contributed by atoms with E-state index >= 15 is 0 Å². The highest BCUT2D eigenvalue weighted by molar-refractivity contribution is 5.98. The van der Waals surface area contributed by atoms with Crippen LogP contribution in [0.3, 0.4) is 0 Å². The maximum absolute atomic E-state index is 14.6. The fourth-order valence-corrected chi connectivity index (χ4v) is 4.27. The minimum Gasteiger partial charge on any atom is -0.505 e. The summed E-state index contributed by atoms with van der Waals surface area (Å²) in [6.45, 7) is 5.60. The molecule has 0 aliphatic carbocycles. The van der Waals surface area contributed by atoms with E-state index in [-0.39, 0.29) is 0 Å². The van der Waals surface area contributed by atoms with Crippen LogP contribution in [-0.4, -0.2) is 74.3 Å². The number of esters is 2. The number of pyridine rings is 2. The number of carbonyl (C=O) groups excluding carboxylic acids is 4. The molecule has 3 heterocycles. The molecule has 3 rings (SSSR count). The third-order valence-corrected chi connectivity index (χ3v) is 7.11. The zero-order valence-corrected chi connectivity index (χ0v) is 23.4. The number of amides is 2. The van der Waals surface area contributed by atoms with Gasteiger partial charge in [0.1, 0.15) is 17.9 Å². The molecule has 43 heavy (non-hydrogen) atoms. The molecule has 234 valence electrons. The summed E-state index contributed by atoms with van der Waals surface area (Å²) in [4.78, 5) is 58.9. The molecule has 12 nitrogen and oxygen atoms in total.